The normalized spacial score (nSPS) is 12.8. The second-order valence-corrected chi connectivity index (χ2v) is 11.4. The van der Waals surface area contributed by atoms with Crippen molar-refractivity contribution >= 4 is 36.1 Å². The lowest BCUT2D eigenvalue weighted by molar-refractivity contribution is -0.123. The SMILES string of the molecule is C=C(NC)NCCCCC=O.CC#N.CCC1CCCCN1.CNc1ccc(CC(C)NC(C)=O)cc1.CSc1ccccc1.O=CO. The zero-order valence-electron chi connectivity index (χ0n) is 30.3. The number of amides is 1. The van der Waals surface area contributed by atoms with Gasteiger partial charge in [-0.3, -0.25) is 9.59 Å². The lowest BCUT2D eigenvalue weighted by atomic mass is 10.0. The predicted molar refractivity (Wildman–Crippen MR) is 203 cm³/mol. The Kier molecular flexibility index (Phi) is 37.8. The minimum absolute atomic E-state index is 0.0225. The minimum atomic E-state index is -0.250. The average molecular weight is 687 g/mol. The lowest BCUT2D eigenvalue weighted by Gasteiger charge is -2.21. The summed E-state index contributed by atoms with van der Waals surface area (Å²) in [6.45, 7) is 12.8. The van der Waals surface area contributed by atoms with Crippen molar-refractivity contribution in [3.63, 3.8) is 0 Å². The largest absolute Gasteiger partial charge is 0.483 e. The number of nitrogens with zero attached hydrogens (tertiary/aromatic N) is 1. The third-order valence-corrected chi connectivity index (χ3v) is 7.25. The molecule has 0 aliphatic carbocycles. The molecule has 2 atom stereocenters. The van der Waals surface area contributed by atoms with E-state index in [0.717, 1.165) is 49.6 Å². The fraction of sp³-hybridized carbons (Fsp3) is 0.514. The van der Waals surface area contributed by atoms with Crippen LogP contribution in [0, 0.1) is 11.3 Å². The number of nitriles is 1. The molecule has 0 bridgehead atoms. The maximum Gasteiger partial charge on any atom is 0.290 e. The highest BCUT2D eigenvalue weighted by atomic mass is 32.2. The molecular weight excluding hydrogens is 625 g/mol. The molecule has 10 nitrogen and oxygen atoms in total. The zero-order chi connectivity index (χ0) is 36.8. The second kappa shape index (κ2) is 37.4. The number of thioether (sulfide) groups is 1. The van der Waals surface area contributed by atoms with E-state index in [1.807, 2.05) is 51.4 Å². The quantitative estimate of drug-likeness (QED) is 0.0771. The highest BCUT2D eigenvalue weighted by Crippen LogP contribution is 2.12. The average Bonchev–Trinajstić information content (AvgIpc) is 3.10. The molecule has 0 aromatic heterocycles. The van der Waals surface area contributed by atoms with Crippen LogP contribution in [-0.2, 0) is 20.8 Å². The first-order valence-corrected chi connectivity index (χ1v) is 17.6. The summed E-state index contributed by atoms with van der Waals surface area (Å²) >= 11 is 1.77. The number of carbonyl (C=O) groups is 3. The van der Waals surface area contributed by atoms with Crippen molar-refractivity contribution in [2.24, 2.45) is 0 Å². The third-order valence-electron chi connectivity index (χ3n) is 6.51. The Labute approximate surface area is 294 Å². The Morgan fingerprint density at radius 1 is 1.12 bits per heavy atom. The number of nitrogens with one attached hydrogen (secondary N) is 5. The van der Waals surface area contributed by atoms with Gasteiger partial charge in [-0.2, -0.15) is 5.26 Å². The van der Waals surface area contributed by atoms with E-state index < -0.39 is 0 Å². The van der Waals surface area contributed by atoms with Crippen molar-refractivity contribution in [1.29, 1.82) is 5.26 Å². The van der Waals surface area contributed by atoms with Gasteiger partial charge in [-0.25, -0.2) is 0 Å². The Hall–Kier alpha value is -4.01. The summed E-state index contributed by atoms with van der Waals surface area (Å²) in [7, 11) is 3.72. The van der Waals surface area contributed by atoms with Crippen LogP contribution in [0.2, 0.25) is 0 Å². The van der Waals surface area contributed by atoms with Gasteiger partial charge in [0, 0.05) is 63.6 Å². The van der Waals surface area contributed by atoms with Gasteiger partial charge in [0.25, 0.3) is 6.47 Å². The molecule has 2 aromatic rings. The van der Waals surface area contributed by atoms with E-state index >= 15 is 0 Å². The summed E-state index contributed by atoms with van der Waals surface area (Å²) in [5.74, 6) is 0.852. The molecule has 1 saturated heterocycles. The van der Waals surface area contributed by atoms with Crippen LogP contribution in [0.15, 0.2) is 71.9 Å². The van der Waals surface area contributed by atoms with E-state index in [0.29, 0.717) is 6.42 Å². The summed E-state index contributed by atoms with van der Waals surface area (Å²) in [5, 5.41) is 29.6. The predicted octanol–water partition coefficient (Wildman–Crippen LogP) is 6.61. The molecule has 1 aliphatic heterocycles. The number of rotatable bonds is 13. The van der Waals surface area contributed by atoms with E-state index in [-0.39, 0.29) is 18.4 Å². The fourth-order valence-corrected chi connectivity index (χ4v) is 4.50. The Morgan fingerprint density at radius 2 is 1.73 bits per heavy atom. The molecule has 48 heavy (non-hydrogen) atoms. The van der Waals surface area contributed by atoms with Crippen molar-refractivity contribution in [3.8, 4) is 6.07 Å². The zero-order valence-corrected chi connectivity index (χ0v) is 31.1. The summed E-state index contributed by atoms with van der Waals surface area (Å²) in [6, 6.07) is 21.3. The Balaban J connectivity index is -0.000000546. The molecule has 1 heterocycles. The smallest absolute Gasteiger partial charge is 0.290 e. The highest BCUT2D eigenvalue weighted by Gasteiger charge is 2.08. The Bertz CT molecular complexity index is 1080. The van der Waals surface area contributed by atoms with Crippen LogP contribution < -0.4 is 26.6 Å². The van der Waals surface area contributed by atoms with Crippen molar-refractivity contribution < 1.29 is 19.5 Å². The van der Waals surface area contributed by atoms with Gasteiger partial charge < -0.3 is 36.5 Å². The molecule has 2 unspecified atom stereocenters. The van der Waals surface area contributed by atoms with Crippen LogP contribution in [0.3, 0.4) is 0 Å². The van der Waals surface area contributed by atoms with E-state index in [4.69, 9.17) is 15.2 Å². The lowest BCUT2D eigenvalue weighted by Crippen LogP contribution is -2.32. The molecule has 1 aliphatic rings. The van der Waals surface area contributed by atoms with E-state index in [1.165, 1.54) is 49.6 Å². The van der Waals surface area contributed by atoms with Crippen LogP contribution in [0.25, 0.3) is 0 Å². The first-order valence-electron chi connectivity index (χ1n) is 16.4. The summed E-state index contributed by atoms with van der Waals surface area (Å²) in [6.07, 6.45) is 12.0. The van der Waals surface area contributed by atoms with Crippen LogP contribution in [0.5, 0.6) is 0 Å². The van der Waals surface area contributed by atoms with Gasteiger partial charge in [0.05, 0.1) is 11.9 Å². The third kappa shape index (κ3) is 34.9. The molecule has 3 rings (SSSR count). The molecule has 11 heteroatoms. The molecule has 1 fully saturated rings. The molecular formula is C37H62N6O4S. The van der Waals surface area contributed by atoms with Crippen LogP contribution >= 0.6 is 11.8 Å². The number of aldehydes is 1. The van der Waals surface area contributed by atoms with Gasteiger partial charge in [0.2, 0.25) is 5.91 Å². The molecule has 6 N–H and O–H groups in total. The number of benzene rings is 2. The van der Waals surface area contributed by atoms with Gasteiger partial charge >= 0.3 is 0 Å². The van der Waals surface area contributed by atoms with Crippen molar-refractivity contribution in [3.05, 3.63) is 72.6 Å². The fourth-order valence-electron chi connectivity index (χ4n) is 4.07. The summed E-state index contributed by atoms with van der Waals surface area (Å²) in [5.41, 5.74) is 2.33. The van der Waals surface area contributed by atoms with Crippen molar-refractivity contribution in [2.45, 2.75) is 96.0 Å². The number of hydrogen-bond acceptors (Lipinski definition) is 9. The number of anilines is 1. The number of carboxylic acid groups (broad SMARTS) is 1. The van der Waals surface area contributed by atoms with Gasteiger partial charge in [0.1, 0.15) is 6.29 Å². The molecule has 0 saturated carbocycles. The van der Waals surface area contributed by atoms with Crippen molar-refractivity contribution in [1.82, 2.24) is 21.3 Å². The van der Waals surface area contributed by atoms with Gasteiger partial charge in [-0.05, 0) is 88.1 Å². The monoisotopic (exact) mass is 686 g/mol. The number of hydrogen-bond donors (Lipinski definition) is 6. The minimum Gasteiger partial charge on any atom is -0.483 e. The number of carbonyl (C=O) groups excluding carboxylic acids is 2. The molecule has 0 spiro atoms. The second-order valence-electron chi connectivity index (χ2n) is 10.5. The van der Waals surface area contributed by atoms with Crippen LogP contribution in [-0.4, -0.2) is 69.3 Å². The maximum atomic E-state index is 10.8. The van der Waals surface area contributed by atoms with Gasteiger partial charge in [-0.1, -0.05) is 50.3 Å². The van der Waals surface area contributed by atoms with Crippen LogP contribution in [0.1, 0.15) is 78.2 Å². The van der Waals surface area contributed by atoms with E-state index in [9.17, 15) is 9.59 Å². The maximum absolute atomic E-state index is 10.8. The topological polar surface area (TPSA) is 155 Å². The first-order chi connectivity index (χ1) is 23.1. The summed E-state index contributed by atoms with van der Waals surface area (Å²) < 4.78 is 0. The molecule has 0 radical (unpaired) electrons. The molecule has 270 valence electrons. The van der Waals surface area contributed by atoms with E-state index in [1.54, 1.807) is 24.8 Å². The van der Waals surface area contributed by atoms with Gasteiger partial charge in [0.15, 0.2) is 0 Å². The number of unbranched alkanes of at least 4 members (excludes halogenated alkanes) is 2. The Morgan fingerprint density at radius 3 is 2.12 bits per heavy atom. The van der Waals surface area contributed by atoms with Gasteiger partial charge in [-0.15, -0.1) is 11.8 Å². The highest BCUT2D eigenvalue weighted by molar-refractivity contribution is 7.98. The standard InChI is InChI=1S/C12H18N2O.C8H16N2O.C7H15N.C7H8S.C2H3N.CH2O2/c1-9(14-10(2)15)8-11-4-6-12(13-3)7-5-11;1-8(9-2)10-6-4-3-5-7-11;1-2-7-5-3-4-6-8-7;1-8-7-5-3-2-4-6-7;1-2-3;2-1-3/h4-7,9,13H,8H2,1-3H3,(H,14,15);7,9-10H,1,3-6H2,2H3;7-8H,2-6H2,1H3;2-6H,1H3;1H3;1H,(H,2,3). The molecule has 1 amide bonds. The summed E-state index contributed by atoms with van der Waals surface area (Å²) in [4.78, 5) is 30.4. The number of piperidine rings is 1. The van der Waals surface area contributed by atoms with Crippen LogP contribution in [0.4, 0.5) is 5.69 Å². The van der Waals surface area contributed by atoms with Crippen molar-refractivity contribution in [2.75, 3.05) is 38.8 Å². The first kappa shape index (κ1) is 48.4. The van der Waals surface area contributed by atoms with E-state index in [2.05, 4.69) is 70.6 Å². The molecule has 2 aromatic carbocycles.